The van der Waals surface area contributed by atoms with E-state index in [1.807, 2.05) is 11.8 Å². The molecule has 0 aromatic carbocycles. The van der Waals surface area contributed by atoms with Crippen molar-refractivity contribution in [3.63, 3.8) is 0 Å². The molecule has 1 unspecified atom stereocenters. The van der Waals surface area contributed by atoms with E-state index in [2.05, 4.69) is 22.4 Å². The predicted octanol–water partition coefficient (Wildman–Crippen LogP) is 2.06. The minimum absolute atomic E-state index is 0.0603. The largest absolute Gasteiger partial charge is 0.338 e. The van der Waals surface area contributed by atoms with Crippen molar-refractivity contribution in [2.45, 2.75) is 49.9 Å². The summed E-state index contributed by atoms with van der Waals surface area (Å²) in [6.07, 6.45) is 4.98. The highest BCUT2D eigenvalue weighted by Gasteiger charge is 2.37. The van der Waals surface area contributed by atoms with Crippen LogP contribution in [0.2, 0.25) is 0 Å². The van der Waals surface area contributed by atoms with Gasteiger partial charge in [0.2, 0.25) is 5.89 Å². The van der Waals surface area contributed by atoms with Crippen molar-refractivity contribution in [1.29, 1.82) is 0 Å². The van der Waals surface area contributed by atoms with Gasteiger partial charge in [0.05, 0.1) is 11.3 Å². The second-order valence-electron chi connectivity index (χ2n) is 4.85. The minimum atomic E-state index is 0.0603. The lowest BCUT2D eigenvalue weighted by molar-refractivity contribution is 0.339. The van der Waals surface area contributed by atoms with Crippen molar-refractivity contribution in [3.05, 3.63) is 11.7 Å². The number of nitrogens with one attached hydrogen (secondary N) is 1. The molecule has 1 aliphatic carbocycles. The zero-order valence-electron chi connectivity index (χ0n) is 9.53. The van der Waals surface area contributed by atoms with Crippen LogP contribution in [0.1, 0.15) is 44.3 Å². The molecular formula is C11H17N3OS. The van der Waals surface area contributed by atoms with Crippen molar-refractivity contribution in [2.75, 3.05) is 5.75 Å². The quantitative estimate of drug-likeness (QED) is 0.871. The van der Waals surface area contributed by atoms with E-state index in [0.29, 0.717) is 6.04 Å². The van der Waals surface area contributed by atoms with Gasteiger partial charge in [0.25, 0.3) is 0 Å². The maximum atomic E-state index is 5.38. The summed E-state index contributed by atoms with van der Waals surface area (Å²) in [5.41, 5.74) is 0. The zero-order chi connectivity index (χ0) is 11.0. The van der Waals surface area contributed by atoms with Gasteiger partial charge in [-0.25, -0.2) is 0 Å². The molecule has 0 bridgehead atoms. The molecule has 5 heteroatoms. The zero-order valence-corrected chi connectivity index (χ0v) is 10.3. The highest BCUT2D eigenvalue weighted by atomic mass is 32.2. The van der Waals surface area contributed by atoms with Gasteiger partial charge < -0.3 is 9.84 Å². The summed E-state index contributed by atoms with van der Waals surface area (Å²) < 4.78 is 5.44. The molecule has 1 saturated heterocycles. The predicted molar refractivity (Wildman–Crippen MR) is 63.2 cm³/mol. The van der Waals surface area contributed by atoms with Crippen LogP contribution in [0.15, 0.2) is 4.52 Å². The molecule has 1 aliphatic heterocycles. The lowest BCUT2D eigenvalue weighted by Gasteiger charge is -2.16. The Morgan fingerprint density at radius 1 is 1.56 bits per heavy atom. The van der Waals surface area contributed by atoms with Gasteiger partial charge in [0.15, 0.2) is 5.82 Å². The number of aromatic nitrogens is 2. The second kappa shape index (κ2) is 4.04. The summed E-state index contributed by atoms with van der Waals surface area (Å²) >= 11 is 1.93. The van der Waals surface area contributed by atoms with E-state index < -0.39 is 0 Å². The summed E-state index contributed by atoms with van der Waals surface area (Å²) in [5, 5.41) is 7.44. The molecule has 0 spiro atoms. The first-order valence-electron chi connectivity index (χ1n) is 5.97. The third-order valence-electron chi connectivity index (χ3n) is 3.27. The van der Waals surface area contributed by atoms with Crippen LogP contribution in [-0.4, -0.2) is 21.9 Å². The first-order chi connectivity index (χ1) is 7.76. The summed E-state index contributed by atoms with van der Waals surface area (Å²) in [5.74, 6) is 2.81. The van der Waals surface area contributed by atoms with Crippen LogP contribution >= 0.6 is 11.8 Å². The van der Waals surface area contributed by atoms with Crippen molar-refractivity contribution in [2.24, 2.45) is 0 Å². The third kappa shape index (κ3) is 2.11. The summed E-state index contributed by atoms with van der Waals surface area (Å²) in [6.45, 7) is 2.95. The van der Waals surface area contributed by atoms with Crippen LogP contribution in [-0.2, 0) is 11.3 Å². The maximum absolute atomic E-state index is 5.38. The first kappa shape index (κ1) is 10.6. The normalized spacial score (nSPS) is 29.8. The van der Waals surface area contributed by atoms with E-state index in [4.69, 9.17) is 4.52 Å². The van der Waals surface area contributed by atoms with Crippen LogP contribution in [0.25, 0.3) is 0 Å². The number of thioether (sulfide) groups is 1. The van der Waals surface area contributed by atoms with Gasteiger partial charge in [-0.1, -0.05) is 5.16 Å². The second-order valence-corrected chi connectivity index (χ2v) is 6.45. The van der Waals surface area contributed by atoms with Crippen molar-refractivity contribution >= 4 is 11.8 Å². The lowest BCUT2D eigenvalue weighted by atomic mass is 10.1. The topological polar surface area (TPSA) is 51.0 Å². The van der Waals surface area contributed by atoms with Gasteiger partial charge in [-0.15, -0.1) is 11.8 Å². The molecule has 1 atom stereocenters. The molecule has 2 aliphatic rings. The van der Waals surface area contributed by atoms with E-state index in [1.165, 1.54) is 25.0 Å². The summed E-state index contributed by atoms with van der Waals surface area (Å²) in [7, 11) is 0. The van der Waals surface area contributed by atoms with Crippen LogP contribution in [0, 0.1) is 0 Å². The van der Waals surface area contributed by atoms with Gasteiger partial charge in [-0.3, -0.25) is 0 Å². The Hall–Kier alpha value is -0.550. The van der Waals surface area contributed by atoms with Crippen molar-refractivity contribution in [1.82, 2.24) is 15.5 Å². The Labute approximate surface area is 99.6 Å². The van der Waals surface area contributed by atoms with Gasteiger partial charge in [0, 0.05) is 6.04 Å². The Morgan fingerprint density at radius 2 is 2.44 bits per heavy atom. The van der Waals surface area contributed by atoms with Crippen molar-refractivity contribution < 1.29 is 4.52 Å². The molecule has 88 valence electrons. The number of hydrogen-bond acceptors (Lipinski definition) is 5. The Morgan fingerprint density at radius 3 is 3.12 bits per heavy atom. The highest BCUT2D eigenvalue weighted by Crippen LogP contribution is 2.45. The molecule has 0 radical (unpaired) electrons. The molecule has 16 heavy (non-hydrogen) atoms. The monoisotopic (exact) mass is 239 g/mol. The molecule has 1 saturated carbocycles. The molecule has 2 fully saturated rings. The minimum Gasteiger partial charge on any atom is -0.338 e. The third-order valence-corrected chi connectivity index (χ3v) is 4.77. The fourth-order valence-electron chi connectivity index (χ4n) is 2.01. The Balaban J connectivity index is 1.66. The highest BCUT2D eigenvalue weighted by molar-refractivity contribution is 8.00. The molecule has 1 N–H and O–H groups in total. The van der Waals surface area contributed by atoms with E-state index in [9.17, 15) is 0 Å². The molecule has 2 heterocycles. The molecule has 1 aromatic heterocycles. The van der Waals surface area contributed by atoms with E-state index >= 15 is 0 Å². The summed E-state index contributed by atoms with van der Waals surface area (Å²) in [6, 6.07) is 0.693. The molecule has 0 amide bonds. The smallest absolute Gasteiger partial charge is 0.242 e. The average Bonchev–Trinajstić information content (AvgIpc) is 2.79. The van der Waals surface area contributed by atoms with Crippen LogP contribution in [0.4, 0.5) is 0 Å². The van der Waals surface area contributed by atoms with Crippen LogP contribution in [0.5, 0.6) is 0 Å². The maximum Gasteiger partial charge on any atom is 0.242 e. The Kier molecular flexibility index (Phi) is 2.67. The number of hydrogen-bond donors (Lipinski definition) is 1. The lowest BCUT2D eigenvalue weighted by Crippen LogP contribution is -2.17. The van der Waals surface area contributed by atoms with E-state index in [0.717, 1.165) is 24.7 Å². The number of rotatable bonds is 4. The average molecular weight is 239 g/mol. The Bertz CT molecular complexity index is 369. The van der Waals surface area contributed by atoms with Gasteiger partial charge in [0.1, 0.15) is 0 Å². The van der Waals surface area contributed by atoms with E-state index in [-0.39, 0.29) is 4.75 Å². The van der Waals surface area contributed by atoms with Gasteiger partial charge in [-0.05, 0) is 38.4 Å². The van der Waals surface area contributed by atoms with Crippen LogP contribution < -0.4 is 5.32 Å². The first-order valence-corrected chi connectivity index (χ1v) is 6.95. The fraction of sp³-hybridized carbons (Fsp3) is 0.818. The fourth-order valence-corrected chi connectivity index (χ4v) is 3.25. The molecule has 3 rings (SSSR count). The number of nitrogens with zero attached hydrogens (tertiary/aromatic N) is 2. The SMILES string of the molecule is CC1(c2nc(CNC3CC3)no2)CCCS1. The van der Waals surface area contributed by atoms with E-state index in [1.54, 1.807) is 0 Å². The molecule has 4 nitrogen and oxygen atoms in total. The summed E-state index contributed by atoms with van der Waals surface area (Å²) in [4.78, 5) is 4.50. The van der Waals surface area contributed by atoms with Crippen molar-refractivity contribution in [3.8, 4) is 0 Å². The standard InChI is InChI=1S/C11H17N3OS/c1-11(5-2-6-16-11)10-13-9(14-15-10)7-12-8-3-4-8/h8,12H,2-7H2,1H3. The molecular weight excluding hydrogens is 222 g/mol. The molecule has 1 aromatic rings. The van der Waals surface area contributed by atoms with Gasteiger partial charge >= 0.3 is 0 Å². The van der Waals surface area contributed by atoms with Crippen LogP contribution in [0.3, 0.4) is 0 Å². The van der Waals surface area contributed by atoms with Gasteiger partial charge in [-0.2, -0.15) is 4.98 Å².